The second-order valence-corrected chi connectivity index (χ2v) is 3.56. The fourth-order valence-electron chi connectivity index (χ4n) is 1.50. The van der Waals surface area contributed by atoms with Crippen molar-refractivity contribution >= 4 is 12.3 Å². The summed E-state index contributed by atoms with van der Waals surface area (Å²) >= 11 is 0. The lowest BCUT2D eigenvalue weighted by molar-refractivity contribution is -0.141. The first-order valence-corrected chi connectivity index (χ1v) is 5.12. The van der Waals surface area contributed by atoms with Crippen LogP contribution in [-0.2, 0) is 14.3 Å². The number of terminal acetylenes is 1. The Balaban J connectivity index is 4.30. The molecule has 0 fully saturated rings. The second-order valence-electron chi connectivity index (χ2n) is 3.56. The first-order chi connectivity index (χ1) is 7.14. The first kappa shape index (κ1) is 13.7. The van der Waals surface area contributed by atoms with Gasteiger partial charge in [-0.2, -0.15) is 0 Å². The summed E-state index contributed by atoms with van der Waals surface area (Å²) in [7, 11) is 1.36. The lowest BCUT2D eigenvalue weighted by atomic mass is 9.78. The second kappa shape index (κ2) is 7.05. The van der Waals surface area contributed by atoms with Gasteiger partial charge < -0.3 is 9.53 Å². The predicted octanol–water partition coefficient (Wildman–Crippen LogP) is 1.95. The van der Waals surface area contributed by atoms with Crippen LogP contribution < -0.4 is 0 Å². The molecule has 0 amide bonds. The smallest absolute Gasteiger partial charge is 0.305 e. The average Bonchev–Trinajstić information content (AvgIpc) is 2.30. The van der Waals surface area contributed by atoms with Crippen LogP contribution >= 0.6 is 0 Å². The van der Waals surface area contributed by atoms with Crippen LogP contribution in [0.4, 0.5) is 0 Å². The van der Waals surface area contributed by atoms with Gasteiger partial charge in [0.1, 0.15) is 6.29 Å². The lowest BCUT2D eigenvalue weighted by Gasteiger charge is -2.25. The molecule has 0 aromatic rings. The number of methoxy groups -OCH3 is 1. The van der Waals surface area contributed by atoms with Crippen LogP contribution in [0.25, 0.3) is 0 Å². The molecule has 0 aromatic heterocycles. The standard InChI is InChI=1S/C12H18O3/c1-4-12(5-2,8-6-10-13)9-7-11(14)15-3/h1,10H,5-9H2,2-3H3/t12-/m0/s1. The van der Waals surface area contributed by atoms with Crippen molar-refractivity contribution in [2.45, 2.75) is 39.0 Å². The van der Waals surface area contributed by atoms with E-state index in [1.165, 1.54) is 7.11 Å². The quantitative estimate of drug-likeness (QED) is 0.366. The van der Waals surface area contributed by atoms with Gasteiger partial charge in [0, 0.05) is 18.3 Å². The van der Waals surface area contributed by atoms with Gasteiger partial charge in [0.25, 0.3) is 0 Å². The van der Waals surface area contributed by atoms with E-state index < -0.39 is 0 Å². The van der Waals surface area contributed by atoms with E-state index in [9.17, 15) is 9.59 Å². The Morgan fingerprint density at radius 1 is 1.53 bits per heavy atom. The summed E-state index contributed by atoms with van der Waals surface area (Å²) in [5.74, 6) is 2.46. The third-order valence-electron chi connectivity index (χ3n) is 2.76. The first-order valence-electron chi connectivity index (χ1n) is 5.12. The minimum atomic E-state index is -0.338. The fourth-order valence-corrected chi connectivity index (χ4v) is 1.50. The Morgan fingerprint density at radius 3 is 2.60 bits per heavy atom. The maximum Gasteiger partial charge on any atom is 0.305 e. The molecule has 0 saturated carbocycles. The Hall–Kier alpha value is -1.30. The molecule has 0 aliphatic rings. The summed E-state index contributed by atoms with van der Waals surface area (Å²) in [5, 5.41) is 0. The molecule has 3 heteroatoms. The molecule has 0 N–H and O–H groups in total. The highest BCUT2D eigenvalue weighted by atomic mass is 16.5. The van der Waals surface area contributed by atoms with Crippen LogP contribution in [0.2, 0.25) is 0 Å². The van der Waals surface area contributed by atoms with Crippen molar-refractivity contribution in [1.82, 2.24) is 0 Å². The molecule has 0 spiro atoms. The van der Waals surface area contributed by atoms with Crippen molar-refractivity contribution in [3.05, 3.63) is 0 Å². The Morgan fingerprint density at radius 2 is 2.20 bits per heavy atom. The lowest BCUT2D eigenvalue weighted by Crippen LogP contribution is -2.19. The molecule has 0 radical (unpaired) electrons. The number of esters is 1. The van der Waals surface area contributed by atoms with Crippen LogP contribution in [0, 0.1) is 17.8 Å². The van der Waals surface area contributed by atoms with Gasteiger partial charge in [0.2, 0.25) is 0 Å². The molecule has 0 unspecified atom stereocenters. The third-order valence-corrected chi connectivity index (χ3v) is 2.76. The molecular formula is C12H18O3. The van der Waals surface area contributed by atoms with E-state index in [4.69, 9.17) is 6.42 Å². The van der Waals surface area contributed by atoms with Gasteiger partial charge in [-0.05, 0) is 19.3 Å². The van der Waals surface area contributed by atoms with Gasteiger partial charge in [-0.1, -0.05) is 12.8 Å². The van der Waals surface area contributed by atoms with E-state index in [0.717, 1.165) is 12.7 Å². The molecule has 1 atom stereocenters. The van der Waals surface area contributed by atoms with Crippen LogP contribution in [0.5, 0.6) is 0 Å². The van der Waals surface area contributed by atoms with Gasteiger partial charge in [0.15, 0.2) is 0 Å². The minimum Gasteiger partial charge on any atom is -0.469 e. The number of rotatable bonds is 7. The maximum atomic E-state index is 11.0. The highest BCUT2D eigenvalue weighted by Gasteiger charge is 2.25. The van der Waals surface area contributed by atoms with Crippen molar-refractivity contribution in [1.29, 1.82) is 0 Å². The molecule has 15 heavy (non-hydrogen) atoms. The summed E-state index contributed by atoms with van der Waals surface area (Å²) in [6.07, 6.45) is 9.08. The fraction of sp³-hybridized carbons (Fsp3) is 0.667. The minimum absolute atomic E-state index is 0.255. The Bertz CT molecular complexity index is 252. The Kier molecular flexibility index (Phi) is 6.44. The monoisotopic (exact) mass is 210 g/mol. The molecule has 84 valence electrons. The Labute approximate surface area is 91.2 Å². The van der Waals surface area contributed by atoms with Gasteiger partial charge in [-0.3, -0.25) is 4.79 Å². The van der Waals surface area contributed by atoms with Crippen molar-refractivity contribution < 1.29 is 14.3 Å². The predicted molar refractivity (Wildman–Crippen MR) is 58.1 cm³/mol. The van der Waals surface area contributed by atoms with Gasteiger partial charge >= 0.3 is 5.97 Å². The van der Waals surface area contributed by atoms with Gasteiger partial charge in [-0.15, -0.1) is 6.42 Å². The normalized spacial score (nSPS) is 13.7. The van der Waals surface area contributed by atoms with E-state index in [1.807, 2.05) is 6.92 Å². The van der Waals surface area contributed by atoms with E-state index in [1.54, 1.807) is 0 Å². The topological polar surface area (TPSA) is 43.4 Å². The summed E-state index contributed by atoms with van der Waals surface area (Å²) < 4.78 is 4.56. The summed E-state index contributed by atoms with van der Waals surface area (Å²) in [5.41, 5.74) is -0.338. The van der Waals surface area contributed by atoms with Crippen LogP contribution in [0.1, 0.15) is 39.0 Å². The van der Waals surface area contributed by atoms with Crippen molar-refractivity contribution in [2.75, 3.05) is 7.11 Å². The van der Waals surface area contributed by atoms with Crippen LogP contribution in [0.3, 0.4) is 0 Å². The zero-order chi connectivity index (χ0) is 11.7. The van der Waals surface area contributed by atoms with E-state index in [2.05, 4.69) is 10.7 Å². The highest BCUT2D eigenvalue weighted by Crippen LogP contribution is 2.32. The number of ether oxygens (including phenoxy) is 1. The van der Waals surface area contributed by atoms with Gasteiger partial charge in [-0.25, -0.2) is 0 Å². The SMILES string of the molecule is C#C[C@](CC)(CCC=O)CCC(=O)OC. The van der Waals surface area contributed by atoms with Crippen molar-refractivity contribution in [3.8, 4) is 12.3 Å². The molecule has 0 aliphatic carbocycles. The average molecular weight is 210 g/mol. The molecule has 0 heterocycles. The number of carbonyl (C=O) groups is 2. The maximum absolute atomic E-state index is 11.0. The van der Waals surface area contributed by atoms with Crippen molar-refractivity contribution in [2.24, 2.45) is 5.41 Å². The zero-order valence-corrected chi connectivity index (χ0v) is 9.41. The summed E-state index contributed by atoms with van der Waals surface area (Å²) in [4.78, 5) is 21.3. The molecule has 0 bridgehead atoms. The number of carbonyl (C=O) groups excluding carboxylic acids is 2. The summed E-state index contributed by atoms with van der Waals surface area (Å²) in [6, 6.07) is 0. The molecule has 0 rings (SSSR count). The van der Waals surface area contributed by atoms with E-state index in [0.29, 0.717) is 25.7 Å². The number of hydrogen-bond donors (Lipinski definition) is 0. The van der Waals surface area contributed by atoms with Gasteiger partial charge in [0.05, 0.1) is 7.11 Å². The largest absolute Gasteiger partial charge is 0.469 e. The molecule has 3 nitrogen and oxygen atoms in total. The molecule has 0 aliphatic heterocycles. The molecular weight excluding hydrogens is 192 g/mol. The van der Waals surface area contributed by atoms with E-state index >= 15 is 0 Å². The zero-order valence-electron chi connectivity index (χ0n) is 9.41. The van der Waals surface area contributed by atoms with Crippen LogP contribution in [0.15, 0.2) is 0 Å². The highest BCUT2D eigenvalue weighted by molar-refractivity contribution is 5.69. The third kappa shape index (κ3) is 4.64. The molecule has 0 aromatic carbocycles. The number of aldehydes is 1. The van der Waals surface area contributed by atoms with Crippen molar-refractivity contribution in [3.63, 3.8) is 0 Å². The van der Waals surface area contributed by atoms with Crippen LogP contribution in [-0.4, -0.2) is 19.4 Å². The number of hydrogen-bond acceptors (Lipinski definition) is 3. The molecule has 0 saturated heterocycles. The summed E-state index contributed by atoms with van der Waals surface area (Å²) in [6.45, 7) is 1.97. The van der Waals surface area contributed by atoms with E-state index in [-0.39, 0.29) is 11.4 Å².